The van der Waals surface area contributed by atoms with E-state index in [1.165, 1.54) is 6.92 Å². The van der Waals surface area contributed by atoms with Crippen LogP contribution >= 0.6 is 12.4 Å². The predicted octanol–water partition coefficient (Wildman–Crippen LogP) is 1.92. The summed E-state index contributed by atoms with van der Waals surface area (Å²) in [4.78, 5) is 23.8. The first-order chi connectivity index (χ1) is 10.4. The van der Waals surface area contributed by atoms with Gasteiger partial charge in [-0.25, -0.2) is 0 Å². The van der Waals surface area contributed by atoms with Gasteiger partial charge in [0, 0.05) is 13.5 Å². The third-order valence-corrected chi connectivity index (χ3v) is 4.30. The van der Waals surface area contributed by atoms with Crippen molar-refractivity contribution in [3.63, 3.8) is 0 Å². The molecule has 2 amide bonds. The molecule has 1 aliphatic carbocycles. The van der Waals surface area contributed by atoms with E-state index in [0.29, 0.717) is 12.5 Å². The van der Waals surface area contributed by atoms with Crippen molar-refractivity contribution in [2.75, 3.05) is 6.54 Å². The summed E-state index contributed by atoms with van der Waals surface area (Å²) in [6.45, 7) is 3.89. The number of nitrogens with two attached hydrogens (primary N) is 1. The van der Waals surface area contributed by atoms with Gasteiger partial charge in [-0.3, -0.25) is 9.59 Å². The molecule has 0 saturated heterocycles. The van der Waals surface area contributed by atoms with Crippen molar-refractivity contribution in [2.45, 2.75) is 44.7 Å². The van der Waals surface area contributed by atoms with Gasteiger partial charge < -0.3 is 16.4 Å². The van der Waals surface area contributed by atoms with E-state index in [4.69, 9.17) is 5.73 Å². The van der Waals surface area contributed by atoms with Gasteiger partial charge in [0.1, 0.15) is 0 Å². The zero-order valence-corrected chi connectivity index (χ0v) is 14.5. The molecule has 0 spiro atoms. The molecule has 1 saturated carbocycles. The van der Waals surface area contributed by atoms with Crippen molar-refractivity contribution in [1.82, 2.24) is 10.6 Å². The fraction of sp³-hybridized carbons (Fsp3) is 0.529. The Kier molecular flexibility index (Phi) is 7.03. The number of carbonyl (C=O) groups is 2. The van der Waals surface area contributed by atoms with E-state index >= 15 is 0 Å². The molecule has 2 rings (SSSR count). The Labute approximate surface area is 143 Å². The van der Waals surface area contributed by atoms with E-state index in [1.807, 2.05) is 37.3 Å². The molecular formula is C17H26ClN3O2. The van der Waals surface area contributed by atoms with Crippen LogP contribution in [-0.2, 0) is 9.59 Å². The normalized spacial score (nSPS) is 17.3. The molecule has 0 heterocycles. The number of benzene rings is 1. The molecule has 4 N–H and O–H groups in total. The van der Waals surface area contributed by atoms with Crippen molar-refractivity contribution in [3.05, 3.63) is 35.9 Å². The van der Waals surface area contributed by atoms with Crippen LogP contribution in [0.1, 0.15) is 44.7 Å². The molecule has 1 aromatic carbocycles. The van der Waals surface area contributed by atoms with Gasteiger partial charge in [0.05, 0.1) is 18.0 Å². The summed E-state index contributed by atoms with van der Waals surface area (Å²) >= 11 is 0. The molecule has 5 nitrogen and oxygen atoms in total. The molecular weight excluding hydrogens is 314 g/mol. The summed E-state index contributed by atoms with van der Waals surface area (Å²) in [5, 5.41) is 5.91. The van der Waals surface area contributed by atoms with Crippen LogP contribution in [-0.4, -0.2) is 23.9 Å². The minimum absolute atomic E-state index is 0. The second-order valence-corrected chi connectivity index (χ2v) is 6.31. The number of rotatable bonds is 7. The van der Waals surface area contributed by atoms with Crippen molar-refractivity contribution >= 4 is 24.2 Å². The van der Waals surface area contributed by atoms with Crippen molar-refractivity contribution in [2.24, 2.45) is 11.7 Å². The SMILES string of the molecule is CC(=O)NC(CC(=O)NC(C)(CN)C1CC1)c1ccccc1.Cl. The first-order valence-corrected chi connectivity index (χ1v) is 7.78. The zero-order chi connectivity index (χ0) is 16.2. The van der Waals surface area contributed by atoms with Crippen LogP contribution in [0.3, 0.4) is 0 Å². The topological polar surface area (TPSA) is 84.2 Å². The standard InChI is InChI=1S/C17H25N3O2.ClH/c1-12(21)19-15(13-6-4-3-5-7-13)10-16(22)20-17(2,11-18)14-8-9-14;/h3-7,14-15H,8-11,18H2,1-2H3,(H,19,21)(H,20,22);1H. The van der Waals surface area contributed by atoms with Gasteiger partial charge in [0.2, 0.25) is 11.8 Å². The van der Waals surface area contributed by atoms with E-state index in [2.05, 4.69) is 10.6 Å². The second-order valence-electron chi connectivity index (χ2n) is 6.31. The number of carbonyl (C=O) groups excluding carboxylic acids is 2. The van der Waals surface area contributed by atoms with E-state index in [0.717, 1.165) is 18.4 Å². The van der Waals surface area contributed by atoms with Gasteiger partial charge in [0.15, 0.2) is 0 Å². The van der Waals surface area contributed by atoms with Crippen LogP contribution in [0, 0.1) is 5.92 Å². The molecule has 1 aromatic rings. The summed E-state index contributed by atoms with van der Waals surface area (Å²) in [6, 6.07) is 9.22. The Balaban J connectivity index is 0.00000264. The number of hydrogen-bond donors (Lipinski definition) is 3. The molecule has 2 unspecified atom stereocenters. The van der Waals surface area contributed by atoms with Crippen LogP contribution in [0.5, 0.6) is 0 Å². The quantitative estimate of drug-likeness (QED) is 0.709. The fourth-order valence-corrected chi connectivity index (χ4v) is 2.78. The monoisotopic (exact) mass is 339 g/mol. The molecule has 0 aliphatic heterocycles. The van der Waals surface area contributed by atoms with E-state index < -0.39 is 0 Å². The number of nitrogens with one attached hydrogen (secondary N) is 2. The predicted molar refractivity (Wildman–Crippen MR) is 93.2 cm³/mol. The van der Waals surface area contributed by atoms with Gasteiger partial charge in [-0.1, -0.05) is 30.3 Å². The average Bonchev–Trinajstić information content (AvgIpc) is 3.32. The van der Waals surface area contributed by atoms with E-state index in [9.17, 15) is 9.59 Å². The van der Waals surface area contributed by atoms with Gasteiger partial charge in [-0.15, -0.1) is 12.4 Å². The second kappa shape index (κ2) is 8.31. The van der Waals surface area contributed by atoms with Gasteiger partial charge in [-0.2, -0.15) is 0 Å². The highest BCUT2D eigenvalue weighted by atomic mass is 35.5. The van der Waals surface area contributed by atoms with Crippen molar-refractivity contribution in [3.8, 4) is 0 Å². The largest absolute Gasteiger partial charge is 0.349 e. The fourth-order valence-electron chi connectivity index (χ4n) is 2.78. The summed E-state index contributed by atoms with van der Waals surface area (Å²) < 4.78 is 0. The summed E-state index contributed by atoms with van der Waals surface area (Å²) in [6.07, 6.45) is 2.44. The van der Waals surface area contributed by atoms with Crippen LogP contribution in [0.25, 0.3) is 0 Å². The lowest BCUT2D eigenvalue weighted by atomic mass is 9.95. The summed E-state index contributed by atoms with van der Waals surface area (Å²) in [5.74, 6) is 0.241. The van der Waals surface area contributed by atoms with Crippen LogP contribution < -0.4 is 16.4 Å². The Hall–Kier alpha value is -1.59. The molecule has 0 aromatic heterocycles. The Morgan fingerprint density at radius 1 is 1.30 bits per heavy atom. The first-order valence-electron chi connectivity index (χ1n) is 7.78. The molecule has 23 heavy (non-hydrogen) atoms. The maximum Gasteiger partial charge on any atom is 0.222 e. The van der Waals surface area contributed by atoms with E-state index in [-0.39, 0.29) is 42.2 Å². The Morgan fingerprint density at radius 2 is 1.91 bits per heavy atom. The maximum atomic E-state index is 12.4. The minimum atomic E-state index is -0.339. The summed E-state index contributed by atoms with van der Waals surface area (Å²) in [5.41, 5.74) is 6.42. The third kappa shape index (κ3) is 5.52. The van der Waals surface area contributed by atoms with Gasteiger partial charge >= 0.3 is 0 Å². The van der Waals surface area contributed by atoms with Gasteiger partial charge in [-0.05, 0) is 31.2 Å². The third-order valence-electron chi connectivity index (χ3n) is 4.30. The molecule has 1 aliphatic rings. The first kappa shape index (κ1) is 19.5. The van der Waals surface area contributed by atoms with Crippen molar-refractivity contribution in [1.29, 1.82) is 0 Å². The minimum Gasteiger partial charge on any atom is -0.349 e. The maximum absolute atomic E-state index is 12.4. The van der Waals surface area contributed by atoms with Crippen LogP contribution in [0.4, 0.5) is 0 Å². The summed E-state index contributed by atoms with van der Waals surface area (Å²) in [7, 11) is 0. The highest BCUT2D eigenvalue weighted by molar-refractivity contribution is 5.85. The average molecular weight is 340 g/mol. The molecule has 6 heteroatoms. The molecule has 0 bridgehead atoms. The zero-order valence-electron chi connectivity index (χ0n) is 13.7. The highest BCUT2D eigenvalue weighted by Gasteiger charge is 2.41. The Morgan fingerprint density at radius 3 is 2.39 bits per heavy atom. The van der Waals surface area contributed by atoms with Crippen molar-refractivity contribution < 1.29 is 9.59 Å². The lowest BCUT2D eigenvalue weighted by molar-refractivity contribution is -0.124. The molecule has 0 radical (unpaired) electrons. The molecule has 128 valence electrons. The number of halogens is 1. The van der Waals surface area contributed by atoms with Crippen LogP contribution in [0.2, 0.25) is 0 Å². The van der Waals surface area contributed by atoms with E-state index in [1.54, 1.807) is 0 Å². The molecule has 1 fully saturated rings. The lowest BCUT2D eigenvalue weighted by Crippen LogP contribution is -2.53. The molecule has 2 atom stereocenters. The number of amides is 2. The lowest BCUT2D eigenvalue weighted by Gasteiger charge is -2.30. The van der Waals surface area contributed by atoms with Crippen LogP contribution in [0.15, 0.2) is 30.3 Å². The van der Waals surface area contributed by atoms with Gasteiger partial charge in [0.25, 0.3) is 0 Å². The Bertz CT molecular complexity index is 534. The smallest absolute Gasteiger partial charge is 0.222 e. The number of hydrogen-bond acceptors (Lipinski definition) is 3. The highest BCUT2D eigenvalue weighted by Crippen LogP contribution is 2.39.